The van der Waals surface area contributed by atoms with Gasteiger partial charge in [0.25, 0.3) is 0 Å². The van der Waals surface area contributed by atoms with Gasteiger partial charge in [-0.3, -0.25) is 0 Å². The summed E-state index contributed by atoms with van der Waals surface area (Å²) in [6.07, 6.45) is 7.42. The number of hydrogen-bond acceptors (Lipinski definition) is 4. The molecule has 0 aliphatic heterocycles. The summed E-state index contributed by atoms with van der Waals surface area (Å²) >= 11 is 0. The molecule has 0 amide bonds. The van der Waals surface area contributed by atoms with Gasteiger partial charge in [0.15, 0.2) is 0 Å². The second-order valence-electron chi connectivity index (χ2n) is 4.99. The zero-order valence-corrected chi connectivity index (χ0v) is 13.3. The van der Waals surface area contributed by atoms with Crippen molar-refractivity contribution < 1.29 is 14.2 Å². The van der Waals surface area contributed by atoms with Gasteiger partial charge in [0.1, 0.15) is 0 Å². The fraction of sp³-hybridized carbons (Fsp3) is 0.750. The third kappa shape index (κ3) is 9.63. The van der Waals surface area contributed by atoms with Crippen molar-refractivity contribution in [1.82, 2.24) is 4.57 Å². The first-order valence-corrected chi connectivity index (χ1v) is 7.94. The Morgan fingerprint density at radius 3 is 2.33 bits per heavy atom. The van der Waals surface area contributed by atoms with Crippen molar-refractivity contribution in [3.63, 3.8) is 0 Å². The molecule has 2 N–H and O–H groups in total. The highest BCUT2D eigenvalue weighted by Gasteiger charge is 1.96. The van der Waals surface area contributed by atoms with Crippen molar-refractivity contribution in [1.29, 1.82) is 0 Å². The molecule has 21 heavy (non-hydrogen) atoms. The third-order valence-electron chi connectivity index (χ3n) is 3.12. The van der Waals surface area contributed by atoms with E-state index in [0.29, 0.717) is 39.6 Å². The number of unbranched alkanes of at least 4 members (excludes halogenated alkanes) is 1. The lowest BCUT2D eigenvalue weighted by Crippen LogP contribution is -2.12. The molecule has 5 heteroatoms. The molecule has 0 radical (unpaired) electrons. The van der Waals surface area contributed by atoms with E-state index in [2.05, 4.69) is 30.0 Å². The summed E-state index contributed by atoms with van der Waals surface area (Å²) in [6.45, 7) is 7.83. The maximum Gasteiger partial charge on any atom is 0.0701 e. The summed E-state index contributed by atoms with van der Waals surface area (Å²) in [6, 6.07) is 2.11. The van der Waals surface area contributed by atoms with E-state index < -0.39 is 0 Å². The molecule has 1 aromatic heterocycles. The minimum atomic E-state index is 0.626. The number of aromatic nitrogens is 1. The minimum absolute atomic E-state index is 0.626. The molecule has 0 saturated carbocycles. The van der Waals surface area contributed by atoms with Gasteiger partial charge in [0.2, 0.25) is 0 Å². The zero-order chi connectivity index (χ0) is 15.2. The van der Waals surface area contributed by atoms with E-state index in [1.165, 1.54) is 12.0 Å². The Morgan fingerprint density at radius 1 is 1.00 bits per heavy atom. The van der Waals surface area contributed by atoms with Gasteiger partial charge in [-0.2, -0.15) is 0 Å². The average molecular weight is 298 g/mol. The number of nitrogens with two attached hydrogens (primary N) is 1. The Labute approximate surface area is 128 Å². The molecule has 0 unspecified atom stereocenters. The highest BCUT2D eigenvalue weighted by Crippen LogP contribution is 2.01. The van der Waals surface area contributed by atoms with Crippen LogP contribution in [-0.4, -0.2) is 50.8 Å². The van der Waals surface area contributed by atoms with Crippen molar-refractivity contribution in [2.45, 2.75) is 32.7 Å². The van der Waals surface area contributed by atoms with Gasteiger partial charge in [0.05, 0.1) is 33.0 Å². The van der Waals surface area contributed by atoms with Crippen LogP contribution in [0.4, 0.5) is 0 Å². The predicted molar refractivity (Wildman–Crippen MR) is 84.6 cm³/mol. The molecule has 122 valence electrons. The largest absolute Gasteiger partial charge is 0.379 e. The fourth-order valence-electron chi connectivity index (χ4n) is 1.90. The summed E-state index contributed by atoms with van der Waals surface area (Å²) in [5.41, 5.74) is 6.81. The molecular weight excluding hydrogens is 268 g/mol. The Balaban J connectivity index is 1.86. The van der Waals surface area contributed by atoms with Gasteiger partial charge >= 0.3 is 0 Å². The maximum atomic E-state index is 5.54. The molecule has 1 heterocycles. The molecule has 5 nitrogen and oxygen atoms in total. The number of hydrogen-bond donors (Lipinski definition) is 1. The lowest BCUT2D eigenvalue weighted by molar-refractivity contribution is 0.0127. The Morgan fingerprint density at radius 2 is 1.67 bits per heavy atom. The fourth-order valence-corrected chi connectivity index (χ4v) is 1.90. The first-order valence-electron chi connectivity index (χ1n) is 7.94. The molecule has 0 bridgehead atoms. The van der Waals surface area contributed by atoms with Crippen LogP contribution in [0, 0.1) is 0 Å². The van der Waals surface area contributed by atoms with E-state index in [-0.39, 0.29) is 0 Å². The Bertz CT molecular complexity index is 342. The summed E-state index contributed by atoms with van der Waals surface area (Å²) in [4.78, 5) is 0. The normalized spacial score (nSPS) is 11.1. The maximum absolute atomic E-state index is 5.54. The van der Waals surface area contributed by atoms with Gasteiger partial charge in [-0.1, -0.05) is 13.3 Å². The lowest BCUT2D eigenvalue weighted by atomic mass is 10.2. The monoisotopic (exact) mass is 298 g/mol. The summed E-state index contributed by atoms with van der Waals surface area (Å²) in [5.74, 6) is 0. The van der Waals surface area contributed by atoms with Gasteiger partial charge < -0.3 is 24.5 Å². The molecular formula is C16H30N2O3. The smallest absolute Gasteiger partial charge is 0.0701 e. The second kappa shape index (κ2) is 12.8. The first-order chi connectivity index (χ1) is 10.4. The number of nitrogens with zero attached hydrogens (tertiary/aromatic N) is 1. The van der Waals surface area contributed by atoms with E-state index in [1.54, 1.807) is 0 Å². The van der Waals surface area contributed by atoms with Crippen LogP contribution in [0.5, 0.6) is 0 Å². The predicted octanol–water partition coefficient (Wildman–Crippen LogP) is 1.84. The number of ether oxygens (including phenoxy) is 3. The van der Waals surface area contributed by atoms with Crippen LogP contribution in [0.25, 0.3) is 0 Å². The van der Waals surface area contributed by atoms with Crippen molar-refractivity contribution in [3.05, 3.63) is 24.0 Å². The van der Waals surface area contributed by atoms with E-state index in [1.807, 2.05) is 0 Å². The van der Waals surface area contributed by atoms with Crippen molar-refractivity contribution in [2.24, 2.45) is 5.73 Å². The molecule has 0 spiro atoms. The molecule has 0 aromatic carbocycles. The number of rotatable bonds is 14. The summed E-state index contributed by atoms with van der Waals surface area (Å²) in [7, 11) is 0. The van der Waals surface area contributed by atoms with Crippen LogP contribution in [-0.2, 0) is 27.2 Å². The van der Waals surface area contributed by atoms with Crippen molar-refractivity contribution in [2.75, 3.05) is 46.2 Å². The molecule has 0 aliphatic carbocycles. The van der Waals surface area contributed by atoms with Crippen LogP contribution in [0.3, 0.4) is 0 Å². The highest BCUT2D eigenvalue weighted by atomic mass is 16.5. The average Bonchev–Trinajstić information content (AvgIpc) is 2.93. The van der Waals surface area contributed by atoms with E-state index in [4.69, 9.17) is 19.9 Å². The molecule has 0 atom stereocenters. The van der Waals surface area contributed by atoms with Crippen molar-refractivity contribution >= 4 is 0 Å². The SMILES string of the molecule is CCCCOCCOCCOCCn1ccc(CCN)c1. The van der Waals surface area contributed by atoms with Gasteiger partial charge in [-0.05, 0) is 31.0 Å². The quantitative estimate of drug-likeness (QED) is 0.532. The highest BCUT2D eigenvalue weighted by molar-refractivity contribution is 5.10. The van der Waals surface area contributed by atoms with E-state index in [9.17, 15) is 0 Å². The van der Waals surface area contributed by atoms with Gasteiger partial charge in [-0.15, -0.1) is 0 Å². The van der Waals surface area contributed by atoms with Crippen LogP contribution in [0.1, 0.15) is 25.3 Å². The first kappa shape index (κ1) is 18.2. The molecule has 1 aromatic rings. The molecule has 1 rings (SSSR count). The topological polar surface area (TPSA) is 58.6 Å². The second-order valence-corrected chi connectivity index (χ2v) is 4.99. The summed E-state index contributed by atoms with van der Waals surface area (Å²) in [5, 5.41) is 0. The summed E-state index contributed by atoms with van der Waals surface area (Å²) < 4.78 is 18.5. The third-order valence-corrected chi connectivity index (χ3v) is 3.12. The van der Waals surface area contributed by atoms with E-state index >= 15 is 0 Å². The zero-order valence-electron chi connectivity index (χ0n) is 13.3. The van der Waals surface area contributed by atoms with E-state index in [0.717, 1.165) is 26.0 Å². The van der Waals surface area contributed by atoms with Gasteiger partial charge in [0, 0.05) is 25.5 Å². The van der Waals surface area contributed by atoms with Gasteiger partial charge in [-0.25, -0.2) is 0 Å². The Kier molecular flexibility index (Phi) is 11.1. The Hall–Kier alpha value is -0.880. The molecule has 0 saturated heterocycles. The van der Waals surface area contributed by atoms with Crippen LogP contribution in [0.15, 0.2) is 18.5 Å². The van der Waals surface area contributed by atoms with Crippen LogP contribution in [0.2, 0.25) is 0 Å². The molecule has 0 fully saturated rings. The lowest BCUT2D eigenvalue weighted by Gasteiger charge is -2.07. The standard InChI is InChI=1S/C16H30N2O3/c1-2-3-9-19-11-13-21-14-12-20-10-8-18-7-5-16(15-18)4-6-17/h5,7,15H,2-4,6,8-14,17H2,1H3. The van der Waals surface area contributed by atoms with Crippen LogP contribution >= 0.6 is 0 Å². The van der Waals surface area contributed by atoms with Crippen LogP contribution < -0.4 is 5.73 Å². The molecule has 0 aliphatic rings. The van der Waals surface area contributed by atoms with Crippen molar-refractivity contribution in [3.8, 4) is 0 Å². The minimum Gasteiger partial charge on any atom is -0.379 e.